The first-order valence-electron chi connectivity index (χ1n) is 5.71. The quantitative estimate of drug-likeness (QED) is 0.633. The first-order chi connectivity index (χ1) is 8.50. The number of carbonyl (C=O) groups is 1. The summed E-state index contributed by atoms with van der Waals surface area (Å²) in [5, 5.41) is 31.1. The number of rotatable bonds is 3. The molecule has 6 nitrogen and oxygen atoms in total. The van der Waals surface area contributed by atoms with E-state index >= 15 is 0 Å². The summed E-state index contributed by atoms with van der Waals surface area (Å²) < 4.78 is 0. The van der Waals surface area contributed by atoms with Crippen LogP contribution < -0.4 is 5.32 Å². The summed E-state index contributed by atoms with van der Waals surface area (Å²) in [5.74, 6) is 0. The highest BCUT2D eigenvalue weighted by atomic mass is 16.4. The zero-order chi connectivity index (χ0) is 13.3. The van der Waals surface area contributed by atoms with Crippen LogP contribution in [-0.4, -0.2) is 38.9 Å². The summed E-state index contributed by atoms with van der Waals surface area (Å²) in [4.78, 5) is 12.0. The third-order valence-corrected chi connectivity index (χ3v) is 3.04. The van der Waals surface area contributed by atoms with E-state index in [0.717, 1.165) is 0 Å². The van der Waals surface area contributed by atoms with Gasteiger partial charge in [-0.05, 0) is 6.92 Å². The van der Waals surface area contributed by atoms with Gasteiger partial charge in [-0.15, -0.1) is 0 Å². The van der Waals surface area contributed by atoms with Crippen molar-refractivity contribution in [2.45, 2.75) is 25.4 Å². The molecule has 2 rings (SSSR count). The van der Waals surface area contributed by atoms with Gasteiger partial charge in [0.1, 0.15) is 12.5 Å². The van der Waals surface area contributed by atoms with Crippen LogP contribution in [0.1, 0.15) is 30.5 Å². The van der Waals surface area contributed by atoms with Crippen LogP contribution in [0.3, 0.4) is 0 Å². The molecule has 1 heterocycles. The largest absolute Gasteiger partial charge is 0.465 e. The van der Waals surface area contributed by atoms with E-state index in [1.165, 1.54) is 4.90 Å². The van der Waals surface area contributed by atoms with E-state index in [4.69, 9.17) is 5.11 Å². The minimum atomic E-state index is -1.12. The first kappa shape index (κ1) is 12.8. The molecular formula is C12H16N2O4. The summed E-state index contributed by atoms with van der Waals surface area (Å²) in [5.41, 5.74) is 1.32. The maximum absolute atomic E-state index is 10.5. The Kier molecular flexibility index (Phi) is 3.51. The third-order valence-electron chi connectivity index (χ3n) is 3.04. The molecule has 3 unspecified atom stereocenters. The number of nitrogens with one attached hydrogen (secondary N) is 1. The summed E-state index contributed by atoms with van der Waals surface area (Å²) >= 11 is 0. The molecule has 0 fully saturated rings. The molecule has 4 N–H and O–H groups in total. The number of hydrogen-bond acceptors (Lipinski definition) is 4. The minimum Gasteiger partial charge on any atom is -0.465 e. The van der Waals surface area contributed by atoms with Gasteiger partial charge in [0.15, 0.2) is 0 Å². The van der Waals surface area contributed by atoms with Gasteiger partial charge in [-0.25, -0.2) is 9.69 Å². The lowest BCUT2D eigenvalue weighted by Crippen LogP contribution is -2.42. The Balaban J connectivity index is 2.11. The summed E-state index contributed by atoms with van der Waals surface area (Å²) in [6.07, 6.45) is -2.94. The van der Waals surface area contributed by atoms with Crippen molar-refractivity contribution in [2.75, 3.05) is 6.54 Å². The molecule has 1 amide bonds. The van der Waals surface area contributed by atoms with E-state index in [1.807, 2.05) is 0 Å². The van der Waals surface area contributed by atoms with Crippen LogP contribution in [0.5, 0.6) is 0 Å². The SMILES string of the molecule is CC(CN1C(O)c2ccccc2C1O)NC(=O)O. The highest BCUT2D eigenvalue weighted by molar-refractivity contribution is 5.64. The lowest BCUT2D eigenvalue weighted by molar-refractivity contribution is -0.0873. The number of nitrogens with zero attached hydrogens (tertiary/aromatic N) is 1. The average molecular weight is 252 g/mol. The number of hydrogen-bond donors (Lipinski definition) is 4. The monoisotopic (exact) mass is 252 g/mol. The standard InChI is InChI=1S/C12H16N2O4/c1-7(13-12(17)18)6-14-10(15)8-4-2-3-5-9(8)11(14)16/h2-5,7,10-11,13,15-16H,6H2,1H3,(H,17,18). The minimum absolute atomic E-state index is 0.226. The number of fused-ring (bicyclic) bond motifs is 1. The van der Waals surface area contributed by atoms with Crippen molar-refractivity contribution < 1.29 is 20.1 Å². The van der Waals surface area contributed by atoms with Gasteiger partial charge in [-0.2, -0.15) is 0 Å². The zero-order valence-electron chi connectivity index (χ0n) is 9.95. The lowest BCUT2D eigenvalue weighted by atomic mass is 10.1. The van der Waals surface area contributed by atoms with Crippen LogP contribution in [0.4, 0.5) is 4.79 Å². The lowest BCUT2D eigenvalue weighted by Gasteiger charge is -2.27. The second kappa shape index (κ2) is 4.93. The van der Waals surface area contributed by atoms with Crippen molar-refractivity contribution >= 4 is 6.09 Å². The van der Waals surface area contributed by atoms with Crippen molar-refractivity contribution in [1.29, 1.82) is 0 Å². The van der Waals surface area contributed by atoms with Crippen molar-refractivity contribution in [2.24, 2.45) is 0 Å². The highest BCUT2D eigenvalue weighted by Gasteiger charge is 2.36. The van der Waals surface area contributed by atoms with Crippen LogP contribution in [0, 0.1) is 0 Å². The molecule has 1 aliphatic rings. The Labute approximate surface area is 104 Å². The Morgan fingerprint density at radius 2 is 1.83 bits per heavy atom. The average Bonchev–Trinajstić information content (AvgIpc) is 2.54. The maximum Gasteiger partial charge on any atom is 0.404 e. The van der Waals surface area contributed by atoms with Gasteiger partial charge in [-0.3, -0.25) is 0 Å². The number of aliphatic hydroxyl groups is 2. The molecule has 0 aliphatic carbocycles. The Hall–Kier alpha value is -1.63. The number of aliphatic hydroxyl groups excluding tert-OH is 2. The molecular weight excluding hydrogens is 236 g/mol. The summed E-state index contributed by atoms with van der Waals surface area (Å²) in [6, 6.07) is 6.69. The van der Waals surface area contributed by atoms with Crippen molar-refractivity contribution in [3.8, 4) is 0 Å². The van der Waals surface area contributed by atoms with Gasteiger partial charge in [-0.1, -0.05) is 24.3 Å². The Morgan fingerprint density at radius 1 is 1.33 bits per heavy atom. The number of carboxylic acid groups (broad SMARTS) is 1. The van der Waals surface area contributed by atoms with Gasteiger partial charge < -0.3 is 20.6 Å². The first-order valence-corrected chi connectivity index (χ1v) is 5.71. The Morgan fingerprint density at radius 3 is 2.28 bits per heavy atom. The van der Waals surface area contributed by atoms with Gasteiger partial charge in [0, 0.05) is 23.7 Å². The van der Waals surface area contributed by atoms with E-state index in [2.05, 4.69) is 5.32 Å². The van der Waals surface area contributed by atoms with E-state index < -0.39 is 18.5 Å². The molecule has 0 spiro atoms. The molecule has 3 atom stereocenters. The molecule has 18 heavy (non-hydrogen) atoms. The summed E-state index contributed by atoms with van der Waals surface area (Å²) in [7, 11) is 0. The maximum atomic E-state index is 10.5. The van der Waals surface area contributed by atoms with Gasteiger partial charge in [0.25, 0.3) is 0 Å². The smallest absolute Gasteiger partial charge is 0.404 e. The van der Waals surface area contributed by atoms with E-state index in [1.54, 1.807) is 31.2 Å². The fourth-order valence-corrected chi connectivity index (χ4v) is 2.24. The molecule has 6 heteroatoms. The number of amides is 1. The van der Waals surface area contributed by atoms with Gasteiger partial charge >= 0.3 is 6.09 Å². The van der Waals surface area contributed by atoms with Gasteiger partial charge in [0.05, 0.1) is 0 Å². The Bertz CT molecular complexity index is 422. The molecule has 1 aliphatic heterocycles. The normalized spacial score (nSPS) is 24.6. The van der Waals surface area contributed by atoms with Crippen molar-refractivity contribution in [3.05, 3.63) is 35.4 Å². The number of benzene rings is 1. The fraction of sp³-hybridized carbons (Fsp3) is 0.417. The molecule has 1 aromatic rings. The fourth-order valence-electron chi connectivity index (χ4n) is 2.24. The third kappa shape index (κ3) is 2.31. The molecule has 0 saturated carbocycles. The molecule has 1 aromatic carbocycles. The van der Waals surface area contributed by atoms with Crippen molar-refractivity contribution in [3.63, 3.8) is 0 Å². The molecule has 0 bridgehead atoms. The van der Waals surface area contributed by atoms with Crippen LogP contribution in [0.15, 0.2) is 24.3 Å². The predicted octanol–water partition coefficient (Wildman–Crippen LogP) is 0.640. The topological polar surface area (TPSA) is 93.0 Å². The molecule has 0 saturated heterocycles. The van der Waals surface area contributed by atoms with Crippen LogP contribution in [0.2, 0.25) is 0 Å². The summed E-state index contributed by atoms with van der Waals surface area (Å²) in [6.45, 7) is 1.90. The van der Waals surface area contributed by atoms with E-state index in [0.29, 0.717) is 11.1 Å². The van der Waals surface area contributed by atoms with Gasteiger partial charge in [0.2, 0.25) is 0 Å². The second-order valence-corrected chi connectivity index (χ2v) is 4.42. The van der Waals surface area contributed by atoms with Crippen LogP contribution in [-0.2, 0) is 0 Å². The van der Waals surface area contributed by atoms with Crippen LogP contribution in [0.25, 0.3) is 0 Å². The molecule has 0 aromatic heterocycles. The zero-order valence-corrected chi connectivity index (χ0v) is 9.95. The molecule has 98 valence electrons. The molecule has 0 radical (unpaired) electrons. The second-order valence-electron chi connectivity index (χ2n) is 4.42. The van der Waals surface area contributed by atoms with Crippen LogP contribution >= 0.6 is 0 Å². The van der Waals surface area contributed by atoms with Crippen molar-refractivity contribution in [1.82, 2.24) is 10.2 Å². The van der Waals surface area contributed by atoms with E-state index in [9.17, 15) is 15.0 Å². The van der Waals surface area contributed by atoms with E-state index in [-0.39, 0.29) is 12.6 Å². The predicted molar refractivity (Wildman–Crippen MR) is 63.7 cm³/mol. The highest BCUT2D eigenvalue weighted by Crippen LogP contribution is 2.38.